The molecule has 0 aliphatic heterocycles. The normalized spacial score (nSPS) is 11.2. The van der Waals surface area contributed by atoms with Crippen LogP contribution in [0.2, 0.25) is 5.02 Å². The molecule has 0 unspecified atom stereocenters. The molecule has 0 bridgehead atoms. The van der Waals surface area contributed by atoms with Gasteiger partial charge in [-0.25, -0.2) is 4.79 Å². The van der Waals surface area contributed by atoms with E-state index in [9.17, 15) is 9.59 Å². The van der Waals surface area contributed by atoms with E-state index in [1.807, 2.05) is 30.3 Å². The fourth-order valence-electron chi connectivity index (χ4n) is 3.43. The van der Waals surface area contributed by atoms with E-state index in [1.165, 1.54) is 6.07 Å². The maximum absolute atomic E-state index is 12.3. The van der Waals surface area contributed by atoms with Gasteiger partial charge in [0.05, 0.1) is 0 Å². The number of fused-ring (bicyclic) bond motifs is 3. The van der Waals surface area contributed by atoms with Gasteiger partial charge in [-0.15, -0.1) is 10.2 Å². The Kier molecular flexibility index (Phi) is 5.85. The van der Waals surface area contributed by atoms with Gasteiger partial charge < -0.3 is 13.6 Å². The van der Waals surface area contributed by atoms with E-state index in [4.69, 9.17) is 25.2 Å². The van der Waals surface area contributed by atoms with E-state index < -0.39 is 11.6 Å². The van der Waals surface area contributed by atoms with Gasteiger partial charge in [0, 0.05) is 27.6 Å². The predicted molar refractivity (Wildman–Crippen MR) is 125 cm³/mol. The van der Waals surface area contributed by atoms with Crippen LogP contribution < -0.4 is 5.63 Å². The van der Waals surface area contributed by atoms with Gasteiger partial charge in [-0.1, -0.05) is 53.7 Å². The summed E-state index contributed by atoms with van der Waals surface area (Å²) in [5, 5.41) is 11.4. The third-order valence-corrected chi connectivity index (χ3v) is 5.96. The molecule has 0 saturated heterocycles. The molecule has 2 aromatic heterocycles. The molecule has 0 amide bonds. The van der Waals surface area contributed by atoms with E-state index in [1.54, 1.807) is 30.3 Å². The second-order valence-electron chi connectivity index (χ2n) is 7.08. The van der Waals surface area contributed by atoms with Gasteiger partial charge >= 0.3 is 11.6 Å². The second kappa shape index (κ2) is 9.09. The van der Waals surface area contributed by atoms with Crippen LogP contribution in [-0.4, -0.2) is 21.9 Å². The number of thioether (sulfide) groups is 1. The van der Waals surface area contributed by atoms with Crippen molar-refractivity contribution in [1.29, 1.82) is 0 Å². The third-order valence-electron chi connectivity index (χ3n) is 4.91. The Morgan fingerprint density at radius 1 is 1.00 bits per heavy atom. The molecule has 0 saturated carbocycles. The molecule has 164 valence electrons. The zero-order chi connectivity index (χ0) is 22.8. The van der Waals surface area contributed by atoms with Crippen LogP contribution in [0.3, 0.4) is 0 Å². The topological polar surface area (TPSA) is 95.4 Å². The molecule has 3 aromatic carbocycles. The number of esters is 1. The Bertz CT molecular complexity index is 1530. The molecule has 5 aromatic rings. The zero-order valence-corrected chi connectivity index (χ0v) is 18.6. The average molecular weight is 479 g/mol. The minimum Gasteiger partial charge on any atom is -0.460 e. The summed E-state index contributed by atoms with van der Waals surface area (Å²) in [4.78, 5) is 24.3. The van der Waals surface area contributed by atoms with E-state index in [-0.39, 0.29) is 17.6 Å². The summed E-state index contributed by atoms with van der Waals surface area (Å²) in [7, 11) is 0. The number of aromatic nitrogens is 2. The summed E-state index contributed by atoms with van der Waals surface area (Å²) in [5.74, 6) is -0.174. The van der Waals surface area contributed by atoms with Gasteiger partial charge in [0.25, 0.3) is 5.22 Å². The Morgan fingerprint density at radius 2 is 1.82 bits per heavy atom. The van der Waals surface area contributed by atoms with Gasteiger partial charge in [-0.3, -0.25) is 4.79 Å². The van der Waals surface area contributed by atoms with Gasteiger partial charge in [0.15, 0.2) is 0 Å². The van der Waals surface area contributed by atoms with Crippen molar-refractivity contribution in [2.75, 3.05) is 5.75 Å². The van der Waals surface area contributed by atoms with E-state index in [2.05, 4.69) is 10.2 Å². The lowest BCUT2D eigenvalue weighted by atomic mass is 10.0. The lowest BCUT2D eigenvalue weighted by Gasteiger charge is -2.09. The van der Waals surface area contributed by atoms with Crippen LogP contribution in [-0.2, 0) is 16.1 Å². The van der Waals surface area contributed by atoms with E-state index in [0.717, 1.165) is 33.5 Å². The van der Waals surface area contributed by atoms with Gasteiger partial charge in [0.1, 0.15) is 17.9 Å². The van der Waals surface area contributed by atoms with Crippen molar-refractivity contribution in [2.45, 2.75) is 11.8 Å². The van der Waals surface area contributed by atoms with Crippen molar-refractivity contribution in [3.63, 3.8) is 0 Å². The number of nitrogens with zero attached hydrogens (tertiary/aromatic N) is 2. The molecule has 9 heteroatoms. The molecular formula is C24H15ClN2O5S. The Labute approximate surface area is 196 Å². The molecule has 33 heavy (non-hydrogen) atoms. The molecule has 0 aliphatic rings. The number of halogens is 1. The highest BCUT2D eigenvalue weighted by Gasteiger charge is 2.14. The Hall–Kier alpha value is -3.62. The SMILES string of the molecule is O=C(CSc1nnc(-c2ccc(Cl)cc2)o1)OCc1cc(=O)oc2ccc3ccccc3c12. The van der Waals surface area contributed by atoms with Crippen LogP contribution in [0.15, 0.2) is 85.6 Å². The van der Waals surface area contributed by atoms with Crippen molar-refractivity contribution in [1.82, 2.24) is 10.2 Å². The molecule has 0 radical (unpaired) electrons. The maximum Gasteiger partial charge on any atom is 0.336 e. The third kappa shape index (κ3) is 4.62. The quantitative estimate of drug-likeness (QED) is 0.137. The zero-order valence-electron chi connectivity index (χ0n) is 17.0. The number of carbonyl (C=O) groups excluding carboxylic acids is 1. The molecular weight excluding hydrogens is 464 g/mol. The fraction of sp³-hybridized carbons (Fsp3) is 0.0833. The molecule has 0 fully saturated rings. The minimum absolute atomic E-state index is 0.0254. The maximum atomic E-state index is 12.3. The summed E-state index contributed by atoms with van der Waals surface area (Å²) < 4.78 is 16.3. The van der Waals surface area contributed by atoms with Crippen LogP contribution in [0.25, 0.3) is 33.2 Å². The summed E-state index contributed by atoms with van der Waals surface area (Å²) in [6, 6.07) is 19.7. The summed E-state index contributed by atoms with van der Waals surface area (Å²) in [6.45, 7) is -0.0602. The van der Waals surface area contributed by atoms with Crippen molar-refractivity contribution in [2.24, 2.45) is 0 Å². The first-order valence-electron chi connectivity index (χ1n) is 9.89. The van der Waals surface area contributed by atoms with Crippen molar-refractivity contribution in [3.05, 3.63) is 87.7 Å². The molecule has 2 heterocycles. The minimum atomic E-state index is -0.501. The van der Waals surface area contributed by atoms with E-state index >= 15 is 0 Å². The highest BCUT2D eigenvalue weighted by molar-refractivity contribution is 7.99. The molecule has 0 N–H and O–H groups in total. The molecule has 7 nitrogen and oxygen atoms in total. The lowest BCUT2D eigenvalue weighted by molar-refractivity contribution is -0.141. The largest absolute Gasteiger partial charge is 0.460 e. The summed E-state index contributed by atoms with van der Waals surface area (Å²) >= 11 is 6.96. The van der Waals surface area contributed by atoms with E-state index in [0.29, 0.717) is 22.1 Å². The lowest BCUT2D eigenvalue weighted by Crippen LogP contribution is -2.09. The number of hydrogen-bond donors (Lipinski definition) is 0. The highest BCUT2D eigenvalue weighted by Crippen LogP contribution is 2.28. The Morgan fingerprint density at radius 3 is 2.67 bits per heavy atom. The standard InChI is InChI=1S/C24H15ClN2O5S/c25-17-8-5-15(6-9-17)23-26-27-24(32-23)33-13-21(29)30-12-16-11-20(28)31-19-10-7-14-3-1-2-4-18(14)22(16)19/h1-11H,12-13H2. The molecule has 0 spiro atoms. The monoisotopic (exact) mass is 478 g/mol. The van der Waals surface area contributed by atoms with Crippen LogP contribution >= 0.6 is 23.4 Å². The first-order chi connectivity index (χ1) is 16.1. The van der Waals surface area contributed by atoms with Crippen LogP contribution in [0.4, 0.5) is 0 Å². The Balaban J connectivity index is 1.28. The first kappa shape index (κ1) is 21.2. The second-order valence-corrected chi connectivity index (χ2v) is 8.44. The number of carbonyl (C=O) groups is 1. The van der Waals surface area contributed by atoms with Gasteiger partial charge in [-0.05, 0) is 41.1 Å². The molecule has 5 rings (SSSR count). The van der Waals surface area contributed by atoms with Crippen molar-refractivity contribution >= 4 is 51.1 Å². The summed E-state index contributed by atoms with van der Waals surface area (Å²) in [6.07, 6.45) is 0. The van der Waals surface area contributed by atoms with Gasteiger partial charge in [-0.2, -0.15) is 0 Å². The van der Waals surface area contributed by atoms with Gasteiger partial charge in [0.2, 0.25) is 5.89 Å². The predicted octanol–water partition coefficient (Wildman–Crippen LogP) is 5.49. The summed E-state index contributed by atoms with van der Waals surface area (Å²) in [5.41, 5.74) is 1.25. The number of ether oxygens (including phenoxy) is 1. The van der Waals surface area contributed by atoms with Crippen LogP contribution in [0.1, 0.15) is 5.56 Å². The number of rotatable bonds is 6. The first-order valence-corrected chi connectivity index (χ1v) is 11.3. The van der Waals surface area contributed by atoms with Crippen LogP contribution in [0.5, 0.6) is 0 Å². The molecule has 0 atom stereocenters. The average Bonchev–Trinajstić information content (AvgIpc) is 3.30. The fourth-order valence-corrected chi connectivity index (χ4v) is 4.12. The van der Waals surface area contributed by atoms with Crippen molar-refractivity contribution in [3.8, 4) is 11.5 Å². The van der Waals surface area contributed by atoms with Crippen LogP contribution in [0, 0.1) is 0 Å². The smallest absolute Gasteiger partial charge is 0.336 e. The highest BCUT2D eigenvalue weighted by atomic mass is 35.5. The molecule has 0 aliphatic carbocycles. The van der Waals surface area contributed by atoms with Crippen molar-refractivity contribution < 1.29 is 18.4 Å². The number of benzene rings is 3. The number of hydrogen-bond acceptors (Lipinski definition) is 8.